The standard InChI is InChI=1S/C17H14Cl2N6O/c1-10-7-15(22-12-3-2-6-20-9-12)24-16(21-10)25-17(26)23-11-4-5-13(18)14(19)8-11/h2-9H,1H3,(H3,21,22,23,24,25,26). The Morgan fingerprint density at radius 2 is 1.85 bits per heavy atom. The molecule has 3 aromatic rings. The monoisotopic (exact) mass is 388 g/mol. The van der Waals surface area contributed by atoms with Gasteiger partial charge in [-0.2, -0.15) is 4.98 Å². The van der Waals surface area contributed by atoms with E-state index in [-0.39, 0.29) is 5.95 Å². The molecular formula is C17H14Cl2N6O. The molecule has 26 heavy (non-hydrogen) atoms. The third kappa shape index (κ3) is 4.81. The first-order chi connectivity index (χ1) is 12.5. The summed E-state index contributed by atoms with van der Waals surface area (Å²) in [6.45, 7) is 1.80. The van der Waals surface area contributed by atoms with Gasteiger partial charge in [0.25, 0.3) is 0 Å². The maximum absolute atomic E-state index is 12.2. The zero-order valence-corrected chi connectivity index (χ0v) is 15.1. The number of pyridine rings is 1. The van der Waals surface area contributed by atoms with Crippen LogP contribution in [0.15, 0.2) is 48.8 Å². The van der Waals surface area contributed by atoms with Crippen LogP contribution in [0.25, 0.3) is 0 Å². The molecule has 3 N–H and O–H groups in total. The van der Waals surface area contributed by atoms with Crippen molar-refractivity contribution < 1.29 is 4.79 Å². The smallest absolute Gasteiger partial charge is 0.326 e. The minimum Gasteiger partial charge on any atom is -0.339 e. The topological polar surface area (TPSA) is 91.8 Å². The molecule has 0 aliphatic carbocycles. The molecule has 0 atom stereocenters. The van der Waals surface area contributed by atoms with E-state index < -0.39 is 6.03 Å². The molecule has 0 unspecified atom stereocenters. The fourth-order valence-electron chi connectivity index (χ4n) is 2.11. The Morgan fingerprint density at radius 1 is 1.00 bits per heavy atom. The fourth-order valence-corrected chi connectivity index (χ4v) is 2.41. The average Bonchev–Trinajstić information content (AvgIpc) is 2.58. The lowest BCUT2D eigenvalue weighted by atomic mass is 10.3. The van der Waals surface area contributed by atoms with Crippen LogP contribution >= 0.6 is 23.2 Å². The molecule has 132 valence electrons. The lowest BCUT2D eigenvalue weighted by Crippen LogP contribution is -2.21. The molecule has 0 saturated heterocycles. The quantitative estimate of drug-likeness (QED) is 0.592. The number of nitrogens with zero attached hydrogens (tertiary/aromatic N) is 3. The van der Waals surface area contributed by atoms with Crippen LogP contribution in [0.3, 0.4) is 0 Å². The molecule has 0 radical (unpaired) electrons. The van der Waals surface area contributed by atoms with Gasteiger partial charge in [-0.3, -0.25) is 10.3 Å². The van der Waals surface area contributed by atoms with Gasteiger partial charge in [-0.25, -0.2) is 9.78 Å². The summed E-state index contributed by atoms with van der Waals surface area (Å²) in [4.78, 5) is 24.7. The van der Waals surface area contributed by atoms with Gasteiger partial charge in [0.05, 0.1) is 21.9 Å². The number of hydrogen-bond acceptors (Lipinski definition) is 5. The van der Waals surface area contributed by atoms with E-state index in [0.717, 1.165) is 5.69 Å². The highest BCUT2D eigenvalue weighted by atomic mass is 35.5. The Hall–Kier alpha value is -2.90. The van der Waals surface area contributed by atoms with Crippen molar-refractivity contribution in [2.45, 2.75) is 6.92 Å². The molecule has 1 aromatic carbocycles. The minimum absolute atomic E-state index is 0.161. The number of nitrogens with one attached hydrogen (secondary N) is 3. The number of rotatable bonds is 4. The molecule has 0 bridgehead atoms. The maximum Gasteiger partial charge on any atom is 0.326 e. The van der Waals surface area contributed by atoms with Crippen LogP contribution < -0.4 is 16.0 Å². The summed E-state index contributed by atoms with van der Waals surface area (Å²) in [6.07, 6.45) is 3.35. The van der Waals surface area contributed by atoms with Crippen LogP contribution in [0.4, 0.5) is 27.9 Å². The lowest BCUT2D eigenvalue weighted by Gasteiger charge is -2.10. The maximum atomic E-state index is 12.2. The summed E-state index contributed by atoms with van der Waals surface area (Å²) in [7, 11) is 0. The van der Waals surface area contributed by atoms with E-state index in [1.807, 2.05) is 6.07 Å². The molecule has 0 saturated carbocycles. The third-order valence-corrected chi connectivity index (χ3v) is 3.93. The number of carbonyl (C=O) groups excluding carboxylic acids is 1. The van der Waals surface area contributed by atoms with Crippen LogP contribution in [-0.4, -0.2) is 21.0 Å². The van der Waals surface area contributed by atoms with Crippen LogP contribution in [-0.2, 0) is 0 Å². The highest BCUT2D eigenvalue weighted by Gasteiger charge is 2.09. The van der Waals surface area contributed by atoms with E-state index in [9.17, 15) is 4.79 Å². The predicted octanol–water partition coefficient (Wildman–Crippen LogP) is 4.87. The summed E-state index contributed by atoms with van der Waals surface area (Å²) in [5.74, 6) is 0.698. The highest BCUT2D eigenvalue weighted by molar-refractivity contribution is 6.42. The van der Waals surface area contributed by atoms with E-state index in [1.165, 1.54) is 0 Å². The van der Waals surface area contributed by atoms with Gasteiger partial charge in [0.2, 0.25) is 5.95 Å². The first-order valence-corrected chi connectivity index (χ1v) is 8.31. The van der Waals surface area contributed by atoms with Crippen molar-refractivity contribution in [1.29, 1.82) is 0 Å². The van der Waals surface area contributed by atoms with Crippen molar-refractivity contribution in [3.05, 3.63) is 64.5 Å². The predicted molar refractivity (Wildman–Crippen MR) is 103 cm³/mol. The molecule has 0 aliphatic heterocycles. The van der Waals surface area contributed by atoms with Gasteiger partial charge >= 0.3 is 6.03 Å². The average molecular weight is 389 g/mol. The second-order valence-electron chi connectivity index (χ2n) is 5.29. The van der Waals surface area contributed by atoms with Crippen LogP contribution in [0.5, 0.6) is 0 Å². The molecule has 3 rings (SSSR count). The van der Waals surface area contributed by atoms with Gasteiger partial charge in [0.15, 0.2) is 0 Å². The van der Waals surface area contributed by atoms with E-state index in [0.29, 0.717) is 27.2 Å². The van der Waals surface area contributed by atoms with Crippen molar-refractivity contribution in [2.75, 3.05) is 16.0 Å². The summed E-state index contributed by atoms with van der Waals surface area (Å²) in [5, 5.41) is 9.09. The molecule has 2 heterocycles. The largest absolute Gasteiger partial charge is 0.339 e. The number of hydrogen-bond donors (Lipinski definition) is 3. The van der Waals surface area contributed by atoms with Crippen molar-refractivity contribution in [3.8, 4) is 0 Å². The molecule has 0 aliphatic rings. The van der Waals surface area contributed by atoms with Crippen molar-refractivity contribution >= 4 is 52.4 Å². The van der Waals surface area contributed by atoms with Crippen molar-refractivity contribution in [2.24, 2.45) is 0 Å². The summed E-state index contributed by atoms with van der Waals surface area (Å²) in [6, 6.07) is 9.71. The SMILES string of the molecule is Cc1cc(Nc2cccnc2)nc(NC(=O)Nc2ccc(Cl)c(Cl)c2)n1. The summed E-state index contributed by atoms with van der Waals surface area (Å²) >= 11 is 11.8. The van der Waals surface area contributed by atoms with Gasteiger partial charge < -0.3 is 10.6 Å². The van der Waals surface area contributed by atoms with Gasteiger partial charge in [-0.1, -0.05) is 23.2 Å². The van der Waals surface area contributed by atoms with Gasteiger partial charge in [-0.15, -0.1) is 0 Å². The first kappa shape index (κ1) is 17.9. The normalized spacial score (nSPS) is 10.3. The number of carbonyl (C=O) groups is 1. The Kier molecular flexibility index (Phi) is 5.50. The van der Waals surface area contributed by atoms with Gasteiger partial charge in [-0.05, 0) is 37.3 Å². The lowest BCUT2D eigenvalue weighted by molar-refractivity contribution is 0.262. The van der Waals surface area contributed by atoms with E-state index in [2.05, 4.69) is 30.9 Å². The highest BCUT2D eigenvalue weighted by Crippen LogP contribution is 2.25. The summed E-state index contributed by atoms with van der Waals surface area (Å²) in [5.41, 5.74) is 1.96. The molecular weight excluding hydrogens is 375 g/mol. The Labute approximate surface area is 159 Å². The number of amides is 2. The zero-order chi connectivity index (χ0) is 18.5. The minimum atomic E-state index is -0.499. The molecule has 2 amide bonds. The van der Waals surface area contributed by atoms with Crippen molar-refractivity contribution in [1.82, 2.24) is 15.0 Å². The van der Waals surface area contributed by atoms with Crippen molar-refractivity contribution in [3.63, 3.8) is 0 Å². The van der Waals surface area contributed by atoms with E-state index >= 15 is 0 Å². The Balaban J connectivity index is 1.70. The Morgan fingerprint density at radius 3 is 2.58 bits per heavy atom. The van der Waals surface area contributed by atoms with Gasteiger partial charge in [0, 0.05) is 23.6 Å². The van der Waals surface area contributed by atoms with Crippen LogP contribution in [0.2, 0.25) is 10.0 Å². The molecule has 7 nitrogen and oxygen atoms in total. The number of aryl methyl sites for hydroxylation is 1. The van der Waals surface area contributed by atoms with Crippen LogP contribution in [0.1, 0.15) is 5.69 Å². The number of benzene rings is 1. The second kappa shape index (κ2) is 7.99. The number of anilines is 4. The third-order valence-electron chi connectivity index (χ3n) is 3.19. The molecule has 0 spiro atoms. The second-order valence-corrected chi connectivity index (χ2v) is 6.11. The molecule has 2 aromatic heterocycles. The van der Waals surface area contributed by atoms with Gasteiger partial charge in [0.1, 0.15) is 5.82 Å². The molecule has 9 heteroatoms. The molecule has 0 fully saturated rings. The number of aromatic nitrogens is 3. The summed E-state index contributed by atoms with van der Waals surface area (Å²) < 4.78 is 0. The van der Waals surface area contributed by atoms with Crippen LogP contribution in [0, 0.1) is 6.92 Å². The van der Waals surface area contributed by atoms with E-state index in [1.54, 1.807) is 49.6 Å². The fraction of sp³-hybridized carbons (Fsp3) is 0.0588. The Bertz CT molecular complexity index is 936. The first-order valence-electron chi connectivity index (χ1n) is 7.55. The number of urea groups is 1. The van der Waals surface area contributed by atoms with E-state index in [4.69, 9.17) is 23.2 Å². The zero-order valence-electron chi connectivity index (χ0n) is 13.6. The number of halogens is 2.